The monoisotopic (exact) mass is 251 g/mol. The molecule has 1 atom stereocenters. The smallest absolute Gasteiger partial charge is 0.123 e. The van der Waals surface area contributed by atoms with Crippen molar-refractivity contribution < 1.29 is 4.39 Å². The zero-order chi connectivity index (χ0) is 13.8. The van der Waals surface area contributed by atoms with Gasteiger partial charge in [-0.25, -0.2) is 4.39 Å². The molecule has 1 aromatic carbocycles. The summed E-state index contributed by atoms with van der Waals surface area (Å²) in [5.41, 5.74) is 1.19. The van der Waals surface area contributed by atoms with Crippen molar-refractivity contribution in [2.24, 2.45) is 5.92 Å². The van der Waals surface area contributed by atoms with Crippen molar-refractivity contribution in [2.45, 2.75) is 52.0 Å². The molecule has 0 spiro atoms. The molecule has 0 heterocycles. The highest BCUT2D eigenvalue weighted by Crippen LogP contribution is 2.33. The molecule has 0 amide bonds. The van der Waals surface area contributed by atoms with Gasteiger partial charge in [0.05, 0.1) is 0 Å². The van der Waals surface area contributed by atoms with E-state index in [9.17, 15) is 4.39 Å². The van der Waals surface area contributed by atoms with Gasteiger partial charge in [0.2, 0.25) is 0 Å². The van der Waals surface area contributed by atoms with E-state index in [1.54, 1.807) is 12.1 Å². The van der Waals surface area contributed by atoms with Crippen LogP contribution in [0.15, 0.2) is 24.3 Å². The largest absolute Gasteiger partial charge is 0.316 e. The van der Waals surface area contributed by atoms with Crippen LogP contribution in [0.4, 0.5) is 4.39 Å². The van der Waals surface area contributed by atoms with Crippen LogP contribution < -0.4 is 5.32 Å². The molecule has 0 aliphatic rings. The van der Waals surface area contributed by atoms with Crippen molar-refractivity contribution in [1.29, 1.82) is 0 Å². The van der Waals surface area contributed by atoms with E-state index < -0.39 is 0 Å². The summed E-state index contributed by atoms with van der Waals surface area (Å²) in [6.07, 6.45) is 2.32. The molecule has 0 aromatic heterocycles. The number of likely N-dealkylation sites (N-methyl/N-ethyl adjacent to an activating group) is 1. The lowest BCUT2D eigenvalue weighted by Crippen LogP contribution is -2.48. The maximum Gasteiger partial charge on any atom is 0.123 e. The Labute approximate surface area is 111 Å². The molecule has 0 saturated carbocycles. The minimum Gasteiger partial charge on any atom is -0.316 e. The average Bonchev–Trinajstić information content (AvgIpc) is 2.35. The fourth-order valence-corrected chi connectivity index (χ4v) is 3.00. The Morgan fingerprint density at radius 3 is 2.00 bits per heavy atom. The van der Waals surface area contributed by atoms with E-state index in [0.717, 1.165) is 12.8 Å². The first kappa shape index (κ1) is 15.2. The molecule has 1 nitrogen and oxygen atoms in total. The number of rotatable bonds is 6. The van der Waals surface area contributed by atoms with E-state index in [1.807, 2.05) is 19.2 Å². The summed E-state index contributed by atoms with van der Waals surface area (Å²) in [5, 5.41) is 3.46. The zero-order valence-corrected chi connectivity index (χ0v) is 12.3. The summed E-state index contributed by atoms with van der Waals surface area (Å²) >= 11 is 0. The third-order valence-corrected chi connectivity index (χ3v) is 4.20. The van der Waals surface area contributed by atoms with Gasteiger partial charge in [0.25, 0.3) is 0 Å². The summed E-state index contributed by atoms with van der Waals surface area (Å²) < 4.78 is 13.0. The van der Waals surface area contributed by atoms with Crippen LogP contribution in [0.2, 0.25) is 0 Å². The van der Waals surface area contributed by atoms with Gasteiger partial charge in [0, 0.05) is 11.5 Å². The molecule has 18 heavy (non-hydrogen) atoms. The van der Waals surface area contributed by atoms with Crippen molar-refractivity contribution in [2.75, 3.05) is 7.05 Å². The first-order valence-electron chi connectivity index (χ1n) is 6.90. The van der Waals surface area contributed by atoms with Gasteiger partial charge >= 0.3 is 0 Å². The Balaban J connectivity index is 3.05. The molecule has 1 N–H and O–H groups in total. The van der Waals surface area contributed by atoms with Gasteiger partial charge in [0.15, 0.2) is 0 Å². The number of hydrogen-bond donors (Lipinski definition) is 1. The van der Waals surface area contributed by atoms with Crippen LogP contribution in [0.5, 0.6) is 0 Å². The molecule has 0 radical (unpaired) electrons. The standard InChI is InChI=1S/C16H26FN/c1-6-12(7-2)15(18-5)16(3,4)13-8-10-14(17)11-9-13/h8-12,15,18H,6-7H2,1-5H3. The summed E-state index contributed by atoms with van der Waals surface area (Å²) in [5.74, 6) is 0.466. The first-order chi connectivity index (χ1) is 8.47. The Bertz CT molecular complexity index is 352. The van der Waals surface area contributed by atoms with E-state index in [4.69, 9.17) is 0 Å². The van der Waals surface area contributed by atoms with E-state index in [1.165, 1.54) is 5.56 Å². The van der Waals surface area contributed by atoms with Crippen LogP contribution in [0, 0.1) is 11.7 Å². The fourth-order valence-electron chi connectivity index (χ4n) is 3.00. The lowest BCUT2D eigenvalue weighted by molar-refractivity contribution is 0.244. The first-order valence-corrected chi connectivity index (χ1v) is 6.90. The quantitative estimate of drug-likeness (QED) is 0.801. The molecule has 0 saturated heterocycles. The molecular weight excluding hydrogens is 225 g/mol. The molecule has 102 valence electrons. The highest BCUT2D eigenvalue weighted by atomic mass is 19.1. The second kappa shape index (κ2) is 6.33. The SMILES string of the molecule is CCC(CC)C(NC)C(C)(C)c1ccc(F)cc1. The Morgan fingerprint density at radius 2 is 1.61 bits per heavy atom. The van der Waals surface area contributed by atoms with Gasteiger partial charge in [-0.15, -0.1) is 0 Å². The number of nitrogens with one attached hydrogen (secondary N) is 1. The van der Waals surface area contributed by atoms with Gasteiger partial charge in [0.1, 0.15) is 5.82 Å². The van der Waals surface area contributed by atoms with Crippen molar-refractivity contribution in [1.82, 2.24) is 5.32 Å². The van der Waals surface area contributed by atoms with Gasteiger partial charge in [-0.2, -0.15) is 0 Å². The second-order valence-corrected chi connectivity index (χ2v) is 5.57. The molecule has 0 fully saturated rings. The lowest BCUT2D eigenvalue weighted by atomic mass is 9.71. The van der Waals surface area contributed by atoms with Gasteiger partial charge in [-0.05, 0) is 30.7 Å². The van der Waals surface area contributed by atoms with Crippen molar-refractivity contribution >= 4 is 0 Å². The highest BCUT2D eigenvalue weighted by Gasteiger charge is 2.34. The van der Waals surface area contributed by atoms with Crippen LogP contribution in [0.1, 0.15) is 46.1 Å². The van der Waals surface area contributed by atoms with E-state index in [-0.39, 0.29) is 11.2 Å². The van der Waals surface area contributed by atoms with Gasteiger partial charge in [-0.3, -0.25) is 0 Å². The normalized spacial score (nSPS) is 13.9. The second-order valence-electron chi connectivity index (χ2n) is 5.57. The minimum absolute atomic E-state index is 0.000856. The van der Waals surface area contributed by atoms with Gasteiger partial charge in [-0.1, -0.05) is 52.7 Å². The summed E-state index contributed by atoms with van der Waals surface area (Å²) in [4.78, 5) is 0. The Morgan fingerprint density at radius 1 is 1.11 bits per heavy atom. The summed E-state index contributed by atoms with van der Waals surface area (Å²) in [6.45, 7) is 8.94. The van der Waals surface area contributed by atoms with Crippen LogP contribution >= 0.6 is 0 Å². The average molecular weight is 251 g/mol. The van der Waals surface area contributed by atoms with Crippen LogP contribution in [0.3, 0.4) is 0 Å². The fraction of sp³-hybridized carbons (Fsp3) is 0.625. The molecule has 0 aliphatic carbocycles. The van der Waals surface area contributed by atoms with E-state index >= 15 is 0 Å². The predicted molar refractivity (Wildman–Crippen MR) is 76.3 cm³/mol. The summed E-state index contributed by atoms with van der Waals surface area (Å²) in [7, 11) is 2.02. The maximum absolute atomic E-state index is 13.0. The van der Waals surface area contributed by atoms with Crippen molar-refractivity contribution in [3.05, 3.63) is 35.6 Å². The Hall–Kier alpha value is -0.890. The maximum atomic E-state index is 13.0. The molecule has 1 unspecified atom stereocenters. The molecule has 2 heteroatoms. The number of halogens is 1. The predicted octanol–water partition coefficient (Wildman–Crippen LogP) is 4.13. The van der Waals surface area contributed by atoms with Gasteiger partial charge < -0.3 is 5.32 Å². The third kappa shape index (κ3) is 3.11. The van der Waals surface area contributed by atoms with E-state index in [0.29, 0.717) is 12.0 Å². The van der Waals surface area contributed by atoms with Crippen molar-refractivity contribution in [3.63, 3.8) is 0 Å². The topological polar surface area (TPSA) is 12.0 Å². The van der Waals surface area contributed by atoms with Crippen LogP contribution in [0.25, 0.3) is 0 Å². The minimum atomic E-state index is -0.168. The van der Waals surface area contributed by atoms with Crippen molar-refractivity contribution in [3.8, 4) is 0 Å². The number of hydrogen-bond acceptors (Lipinski definition) is 1. The molecule has 1 aromatic rings. The molecular formula is C16H26FN. The van der Waals surface area contributed by atoms with E-state index in [2.05, 4.69) is 33.0 Å². The third-order valence-electron chi connectivity index (χ3n) is 4.20. The summed E-state index contributed by atoms with van der Waals surface area (Å²) in [6, 6.07) is 7.32. The lowest BCUT2D eigenvalue weighted by Gasteiger charge is -2.39. The van der Waals surface area contributed by atoms with Crippen LogP contribution in [-0.2, 0) is 5.41 Å². The molecule has 1 rings (SSSR count). The highest BCUT2D eigenvalue weighted by molar-refractivity contribution is 5.26. The van der Waals surface area contributed by atoms with Crippen LogP contribution in [-0.4, -0.2) is 13.1 Å². The Kier molecular flexibility index (Phi) is 5.33. The molecule has 0 aliphatic heterocycles. The molecule has 0 bridgehead atoms. The number of benzene rings is 1. The zero-order valence-electron chi connectivity index (χ0n) is 12.3.